The monoisotopic (exact) mass is 538 g/mol. The lowest BCUT2D eigenvalue weighted by Crippen LogP contribution is -2.40. The molecular weight excluding hydrogens is 508 g/mol. The second-order valence-electron chi connectivity index (χ2n) is 8.81. The van der Waals surface area contributed by atoms with Crippen LogP contribution in [0.2, 0.25) is 0 Å². The largest absolute Gasteiger partial charge is 0.502 e. The summed E-state index contributed by atoms with van der Waals surface area (Å²) in [7, 11) is 2.87. The quantitative estimate of drug-likeness (QED) is 0.439. The van der Waals surface area contributed by atoms with Gasteiger partial charge in [-0.3, -0.25) is 9.36 Å². The summed E-state index contributed by atoms with van der Waals surface area (Å²) in [5.74, 6) is 0.455. The van der Waals surface area contributed by atoms with Gasteiger partial charge in [-0.15, -0.1) is 0 Å². The van der Waals surface area contributed by atoms with E-state index in [0.29, 0.717) is 38.5 Å². The lowest BCUT2D eigenvalue weighted by molar-refractivity contribution is -0.143. The highest BCUT2D eigenvalue weighted by atomic mass is 32.1. The van der Waals surface area contributed by atoms with Crippen molar-refractivity contribution in [1.82, 2.24) is 4.57 Å². The molecule has 0 spiro atoms. The van der Waals surface area contributed by atoms with E-state index in [-0.39, 0.29) is 28.9 Å². The number of nitrogens with zero attached hydrogens (tertiary/aromatic N) is 2. The van der Waals surface area contributed by atoms with Gasteiger partial charge in [0.1, 0.15) is 5.75 Å². The molecule has 3 aromatic rings. The van der Waals surface area contributed by atoms with Crippen molar-refractivity contribution in [2.75, 3.05) is 20.8 Å². The molecule has 10 heteroatoms. The predicted octanol–water partition coefficient (Wildman–Crippen LogP) is 3.31. The third-order valence-corrected chi connectivity index (χ3v) is 6.87. The van der Waals surface area contributed by atoms with Crippen LogP contribution >= 0.6 is 11.3 Å². The molecule has 2 aromatic carbocycles. The fourth-order valence-electron chi connectivity index (χ4n) is 4.24. The van der Waals surface area contributed by atoms with Crippen LogP contribution in [0.15, 0.2) is 57.5 Å². The Labute approximate surface area is 223 Å². The summed E-state index contributed by atoms with van der Waals surface area (Å²) in [5, 5.41) is 10.3. The number of carbonyl (C=O) groups excluding carboxylic acids is 1. The summed E-state index contributed by atoms with van der Waals surface area (Å²) in [5.41, 5.74) is 1.78. The second-order valence-corrected chi connectivity index (χ2v) is 9.82. The molecule has 0 unspecified atom stereocenters. The Morgan fingerprint density at radius 3 is 2.34 bits per heavy atom. The van der Waals surface area contributed by atoms with E-state index in [2.05, 4.69) is 4.99 Å². The van der Waals surface area contributed by atoms with Gasteiger partial charge in [-0.2, -0.15) is 0 Å². The summed E-state index contributed by atoms with van der Waals surface area (Å²) < 4.78 is 23.5. The molecule has 0 amide bonds. The first-order valence-electron chi connectivity index (χ1n) is 12.1. The van der Waals surface area contributed by atoms with Gasteiger partial charge in [-0.25, -0.2) is 9.79 Å². The van der Waals surface area contributed by atoms with Crippen LogP contribution in [0.1, 0.15) is 44.9 Å². The summed E-state index contributed by atoms with van der Waals surface area (Å²) in [6, 6.07) is 9.77. The van der Waals surface area contributed by atoms with Gasteiger partial charge in [0.15, 0.2) is 16.3 Å². The lowest BCUT2D eigenvalue weighted by atomic mass is 9.96. The number of rotatable bonds is 8. The molecule has 4 rings (SSSR count). The first kappa shape index (κ1) is 27.0. The van der Waals surface area contributed by atoms with Gasteiger partial charge in [0, 0.05) is 0 Å². The van der Waals surface area contributed by atoms with Gasteiger partial charge in [-0.1, -0.05) is 23.5 Å². The van der Waals surface area contributed by atoms with E-state index in [1.54, 1.807) is 39.0 Å². The molecule has 0 radical (unpaired) electrons. The molecule has 0 saturated heterocycles. The number of thiazole rings is 1. The Kier molecular flexibility index (Phi) is 7.91. The lowest BCUT2D eigenvalue weighted by Gasteiger charge is -2.25. The SMILES string of the molecule is CCOc1ccc([C@H]2C(C(=O)OC(C)C)=C(C)N=c3s/c(=C/c4cc(OC)c(O)c(OC)c4)c(=O)n32)cc1. The van der Waals surface area contributed by atoms with E-state index in [9.17, 15) is 14.7 Å². The van der Waals surface area contributed by atoms with Crippen LogP contribution in [-0.4, -0.2) is 42.6 Å². The molecule has 200 valence electrons. The smallest absolute Gasteiger partial charge is 0.338 e. The van der Waals surface area contributed by atoms with Crippen molar-refractivity contribution >= 4 is 23.4 Å². The molecule has 1 aromatic heterocycles. The molecule has 0 fully saturated rings. The number of allylic oxidation sites excluding steroid dienone is 1. The zero-order valence-electron chi connectivity index (χ0n) is 22.1. The van der Waals surface area contributed by atoms with Crippen molar-refractivity contribution in [3.8, 4) is 23.0 Å². The first-order valence-corrected chi connectivity index (χ1v) is 12.9. The third-order valence-electron chi connectivity index (χ3n) is 5.89. The average Bonchev–Trinajstić information content (AvgIpc) is 3.18. The van der Waals surface area contributed by atoms with Crippen molar-refractivity contribution in [2.45, 2.75) is 39.8 Å². The Bertz CT molecular complexity index is 1540. The fraction of sp³-hybridized carbons (Fsp3) is 0.321. The van der Waals surface area contributed by atoms with Crippen molar-refractivity contribution in [3.05, 3.63) is 78.5 Å². The fourth-order valence-corrected chi connectivity index (χ4v) is 5.28. The van der Waals surface area contributed by atoms with Crippen molar-refractivity contribution < 1.29 is 28.8 Å². The molecule has 1 aliphatic heterocycles. The molecule has 9 nitrogen and oxygen atoms in total. The zero-order chi connectivity index (χ0) is 27.6. The number of benzene rings is 2. The zero-order valence-corrected chi connectivity index (χ0v) is 22.9. The standard InChI is InChI=1S/C28H30N2O7S/c1-7-36-19-10-8-18(9-11-19)24-23(27(33)37-15(2)3)16(4)29-28-30(24)26(32)22(38-28)14-17-12-20(34-5)25(31)21(13-17)35-6/h8-15,24,31H,7H2,1-6H3/b22-14+/t24-/m0/s1. The highest BCUT2D eigenvalue weighted by molar-refractivity contribution is 7.07. The van der Waals surface area contributed by atoms with Gasteiger partial charge in [0.25, 0.3) is 5.56 Å². The number of phenolic OH excluding ortho intramolecular Hbond substituents is 1. The third kappa shape index (κ3) is 5.17. The van der Waals surface area contributed by atoms with E-state index in [1.807, 2.05) is 31.2 Å². The number of aromatic nitrogens is 1. The number of phenols is 1. The molecule has 1 N–H and O–H groups in total. The summed E-state index contributed by atoms with van der Waals surface area (Å²) in [6.07, 6.45) is 1.34. The molecule has 2 heterocycles. The number of aromatic hydroxyl groups is 1. The minimum Gasteiger partial charge on any atom is -0.502 e. The van der Waals surface area contributed by atoms with Crippen LogP contribution in [0, 0.1) is 0 Å². The van der Waals surface area contributed by atoms with Crippen LogP contribution in [-0.2, 0) is 9.53 Å². The van der Waals surface area contributed by atoms with Crippen molar-refractivity contribution in [2.24, 2.45) is 4.99 Å². The van der Waals surface area contributed by atoms with Gasteiger partial charge < -0.3 is 24.1 Å². The van der Waals surface area contributed by atoms with Gasteiger partial charge >= 0.3 is 5.97 Å². The Balaban J connectivity index is 1.92. The summed E-state index contributed by atoms with van der Waals surface area (Å²) in [6.45, 7) is 7.71. The van der Waals surface area contributed by atoms with Crippen LogP contribution in [0.25, 0.3) is 6.08 Å². The molecule has 0 aliphatic carbocycles. The maximum absolute atomic E-state index is 13.8. The van der Waals surface area contributed by atoms with Gasteiger partial charge in [0.2, 0.25) is 5.75 Å². The van der Waals surface area contributed by atoms with E-state index in [1.165, 1.54) is 30.1 Å². The second kappa shape index (κ2) is 11.1. The maximum Gasteiger partial charge on any atom is 0.338 e. The number of carbonyl (C=O) groups is 1. The number of hydrogen-bond acceptors (Lipinski definition) is 9. The minimum atomic E-state index is -0.737. The number of methoxy groups -OCH3 is 2. The van der Waals surface area contributed by atoms with E-state index < -0.39 is 12.0 Å². The molecular formula is C28H30N2O7S. The van der Waals surface area contributed by atoms with E-state index in [0.717, 1.165) is 5.56 Å². The first-order chi connectivity index (χ1) is 18.2. The Morgan fingerprint density at radius 2 is 1.79 bits per heavy atom. The van der Waals surface area contributed by atoms with Crippen LogP contribution in [0.3, 0.4) is 0 Å². The predicted molar refractivity (Wildman–Crippen MR) is 144 cm³/mol. The highest BCUT2D eigenvalue weighted by Gasteiger charge is 2.33. The van der Waals surface area contributed by atoms with Crippen LogP contribution in [0.4, 0.5) is 0 Å². The molecule has 0 bridgehead atoms. The highest BCUT2D eigenvalue weighted by Crippen LogP contribution is 2.37. The normalized spacial score (nSPS) is 15.2. The van der Waals surface area contributed by atoms with E-state index >= 15 is 0 Å². The number of esters is 1. The van der Waals surface area contributed by atoms with E-state index in [4.69, 9.17) is 18.9 Å². The minimum absolute atomic E-state index is 0.131. The molecule has 0 saturated carbocycles. The summed E-state index contributed by atoms with van der Waals surface area (Å²) >= 11 is 1.20. The number of ether oxygens (including phenoxy) is 4. The molecule has 1 aliphatic rings. The molecule has 38 heavy (non-hydrogen) atoms. The average molecular weight is 539 g/mol. The topological polar surface area (TPSA) is 109 Å². The molecule has 1 atom stereocenters. The Morgan fingerprint density at radius 1 is 1.16 bits per heavy atom. The maximum atomic E-state index is 13.8. The Hall–Kier alpha value is -4.05. The van der Waals surface area contributed by atoms with Crippen molar-refractivity contribution in [3.63, 3.8) is 0 Å². The van der Waals surface area contributed by atoms with Crippen molar-refractivity contribution in [1.29, 1.82) is 0 Å². The number of hydrogen-bond donors (Lipinski definition) is 1. The van der Waals surface area contributed by atoms with Crippen LogP contribution in [0.5, 0.6) is 23.0 Å². The summed E-state index contributed by atoms with van der Waals surface area (Å²) in [4.78, 5) is 32.1. The van der Waals surface area contributed by atoms with Crippen LogP contribution < -0.4 is 29.1 Å². The number of fused-ring (bicyclic) bond motifs is 1. The van der Waals surface area contributed by atoms with Gasteiger partial charge in [-0.05, 0) is 69.2 Å². The van der Waals surface area contributed by atoms with Gasteiger partial charge in [0.05, 0.1) is 48.8 Å².